The highest BCUT2D eigenvalue weighted by Gasteiger charge is 2.30. The van der Waals surface area contributed by atoms with Gasteiger partial charge in [-0.15, -0.1) is 0 Å². The average molecular weight is 186 g/mol. The number of carbonyl (C=O) groups is 1. The SMILES string of the molecule is CCOC1CC(NC(=O)[C@H](C)N)C1. The van der Waals surface area contributed by atoms with Crippen molar-refractivity contribution in [3.05, 3.63) is 0 Å². The molecule has 0 aromatic heterocycles. The zero-order valence-electron chi connectivity index (χ0n) is 8.25. The number of hydrogen-bond acceptors (Lipinski definition) is 3. The van der Waals surface area contributed by atoms with Crippen LogP contribution in [0, 0.1) is 0 Å². The fourth-order valence-electron chi connectivity index (χ4n) is 1.39. The number of rotatable bonds is 4. The van der Waals surface area contributed by atoms with Crippen LogP contribution in [0.2, 0.25) is 0 Å². The van der Waals surface area contributed by atoms with Gasteiger partial charge in [0.1, 0.15) is 0 Å². The van der Waals surface area contributed by atoms with Crippen LogP contribution in [0.1, 0.15) is 26.7 Å². The molecule has 0 aromatic carbocycles. The van der Waals surface area contributed by atoms with Gasteiger partial charge in [-0.2, -0.15) is 0 Å². The average Bonchev–Trinajstić information content (AvgIpc) is 2.00. The smallest absolute Gasteiger partial charge is 0.236 e. The molecule has 3 N–H and O–H groups in total. The van der Waals surface area contributed by atoms with E-state index >= 15 is 0 Å². The standard InChI is InChI=1S/C9H18N2O2/c1-3-13-8-4-7(5-8)11-9(12)6(2)10/h6-8H,3-5,10H2,1-2H3,(H,11,12)/t6-,7?,8?/m0/s1. The molecule has 13 heavy (non-hydrogen) atoms. The molecule has 0 aromatic rings. The van der Waals surface area contributed by atoms with Crippen molar-refractivity contribution in [3.63, 3.8) is 0 Å². The van der Waals surface area contributed by atoms with Crippen LogP contribution in [-0.2, 0) is 9.53 Å². The number of ether oxygens (including phenoxy) is 1. The summed E-state index contributed by atoms with van der Waals surface area (Å²) in [6.07, 6.45) is 2.18. The van der Waals surface area contributed by atoms with E-state index in [0.29, 0.717) is 6.10 Å². The monoisotopic (exact) mass is 186 g/mol. The van der Waals surface area contributed by atoms with Gasteiger partial charge in [0.2, 0.25) is 5.91 Å². The maximum Gasteiger partial charge on any atom is 0.236 e. The molecule has 0 heterocycles. The van der Waals surface area contributed by atoms with Crippen molar-refractivity contribution in [2.45, 2.75) is 44.9 Å². The maximum absolute atomic E-state index is 11.1. The minimum atomic E-state index is -0.411. The summed E-state index contributed by atoms with van der Waals surface area (Å²) >= 11 is 0. The van der Waals surface area contributed by atoms with Crippen LogP contribution in [0.25, 0.3) is 0 Å². The largest absolute Gasteiger partial charge is 0.378 e. The number of carbonyl (C=O) groups excluding carboxylic acids is 1. The molecule has 0 saturated heterocycles. The Morgan fingerprint density at radius 1 is 1.69 bits per heavy atom. The Morgan fingerprint density at radius 2 is 2.31 bits per heavy atom. The number of nitrogens with two attached hydrogens (primary N) is 1. The van der Waals surface area contributed by atoms with E-state index in [9.17, 15) is 4.79 Å². The fourth-order valence-corrected chi connectivity index (χ4v) is 1.39. The van der Waals surface area contributed by atoms with Gasteiger partial charge < -0.3 is 15.8 Å². The van der Waals surface area contributed by atoms with Crippen LogP contribution in [-0.4, -0.2) is 30.7 Å². The third kappa shape index (κ3) is 2.97. The maximum atomic E-state index is 11.1. The fraction of sp³-hybridized carbons (Fsp3) is 0.889. The van der Waals surface area contributed by atoms with Gasteiger partial charge in [-0.25, -0.2) is 0 Å². The van der Waals surface area contributed by atoms with Gasteiger partial charge in [0.05, 0.1) is 12.1 Å². The topological polar surface area (TPSA) is 64.3 Å². The van der Waals surface area contributed by atoms with E-state index in [2.05, 4.69) is 5.32 Å². The highest BCUT2D eigenvalue weighted by Crippen LogP contribution is 2.22. The normalized spacial score (nSPS) is 29.2. The summed E-state index contributed by atoms with van der Waals surface area (Å²) in [6.45, 7) is 4.42. The molecule has 1 amide bonds. The summed E-state index contributed by atoms with van der Waals surface area (Å²) < 4.78 is 5.37. The second kappa shape index (κ2) is 4.58. The third-order valence-corrected chi connectivity index (χ3v) is 2.26. The van der Waals surface area contributed by atoms with E-state index in [4.69, 9.17) is 10.5 Å². The molecule has 4 nitrogen and oxygen atoms in total. The van der Waals surface area contributed by atoms with E-state index in [1.54, 1.807) is 6.92 Å². The van der Waals surface area contributed by atoms with Gasteiger partial charge in [-0.3, -0.25) is 4.79 Å². The lowest BCUT2D eigenvalue weighted by molar-refractivity contribution is -0.124. The quantitative estimate of drug-likeness (QED) is 0.650. The second-order valence-corrected chi connectivity index (χ2v) is 3.54. The van der Waals surface area contributed by atoms with Crippen molar-refractivity contribution in [1.82, 2.24) is 5.32 Å². The van der Waals surface area contributed by atoms with Crippen LogP contribution in [0.15, 0.2) is 0 Å². The molecule has 0 radical (unpaired) electrons. The van der Waals surface area contributed by atoms with Crippen LogP contribution in [0.4, 0.5) is 0 Å². The first-order valence-electron chi connectivity index (χ1n) is 4.81. The van der Waals surface area contributed by atoms with Gasteiger partial charge in [0.25, 0.3) is 0 Å². The lowest BCUT2D eigenvalue weighted by Gasteiger charge is -2.35. The van der Waals surface area contributed by atoms with Crippen molar-refractivity contribution in [2.24, 2.45) is 5.73 Å². The highest BCUT2D eigenvalue weighted by molar-refractivity contribution is 5.81. The van der Waals surface area contributed by atoms with Crippen LogP contribution >= 0.6 is 0 Å². The zero-order chi connectivity index (χ0) is 9.84. The Hall–Kier alpha value is -0.610. The van der Waals surface area contributed by atoms with Crippen molar-refractivity contribution in [3.8, 4) is 0 Å². The Bertz CT molecular complexity index is 176. The first-order valence-corrected chi connectivity index (χ1v) is 4.81. The summed E-state index contributed by atoms with van der Waals surface area (Å²) in [5.74, 6) is -0.0695. The summed E-state index contributed by atoms with van der Waals surface area (Å²) in [6, 6.07) is -0.138. The molecule has 4 heteroatoms. The zero-order valence-corrected chi connectivity index (χ0v) is 8.25. The summed E-state index contributed by atoms with van der Waals surface area (Å²) in [4.78, 5) is 11.1. The molecule has 1 fully saturated rings. The van der Waals surface area contributed by atoms with E-state index < -0.39 is 6.04 Å². The van der Waals surface area contributed by atoms with E-state index in [1.807, 2.05) is 6.92 Å². The lowest BCUT2D eigenvalue weighted by atomic mass is 9.89. The van der Waals surface area contributed by atoms with Crippen LogP contribution in [0.3, 0.4) is 0 Å². The van der Waals surface area contributed by atoms with E-state index in [0.717, 1.165) is 19.4 Å². The molecule has 1 saturated carbocycles. The number of hydrogen-bond donors (Lipinski definition) is 2. The minimum Gasteiger partial charge on any atom is -0.378 e. The molecule has 1 atom stereocenters. The second-order valence-electron chi connectivity index (χ2n) is 3.54. The molecular weight excluding hydrogens is 168 g/mol. The van der Waals surface area contributed by atoms with Crippen molar-refractivity contribution >= 4 is 5.91 Å². The van der Waals surface area contributed by atoms with Crippen LogP contribution in [0.5, 0.6) is 0 Å². The lowest BCUT2D eigenvalue weighted by Crippen LogP contribution is -2.51. The predicted molar refractivity (Wildman–Crippen MR) is 50.2 cm³/mol. The molecule has 1 rings (SSSR count). The molecule has 1 aliphatic carbocycles. The predicted octanol–water partition coefficient (Wildman–Crippen LogP) is 0.0173. The first kappa shape index (κ1) is 10.5. The van der Waals surface area contributed by atoms with Gasteiger partial charge in [0.15, 0.2) is 0 Å². The molecule has 0 bridgehead atoms. The van der Waals surface area contributed by atoms with Gasteiger partial charge in [0, 0.05) is 12.6 Å². The van der Waals surface area contributed by atoms with Gasteiger partial charge in [-0.05, 0) is 26.7 Å². The highest BCUT2D eigenvalue weighted by atomic mass is 16.5. The number of amides is 1. The summed E-state index contributed by atoms with van der Waals surface area (Å²) in [5, 5.41) is 2.86. The van der Waals surface area contributed by atoms with Crippen molar-refractivity contribution in [2.75, 3.05) is 6.61 Å². The Labute approximate surface area is 78.8 Å². The molecular formula is C9H18N2O2. The Kier molecular flexibility index (Phi) is 3.69. The molecule has 76 valence electrons. The molecule has 0 spiro atoms. The van der Waals surface area contributed by atoms with Crippen molar-refractivity contribution in [1.29, 1.82) is 0 Å². The number of nitrogens with one attached hydrogen (secondary N) is 1. The van der Waals surface area contributed by atoms with E-state index in [1.165, 1.54) is 0 Å². The van der Waals surface area contributed by atoms with Crippen molar-refractivity contribution < 1.29 is 9.53 Å². The van der Waals surface area contributed by atoms with Crippen LogP contribution < -0.4 is 11.1 Å². The Balaban J connectivity index is 2.11. The third-order valence-electron chi connectivity index (χ3n) is 2.26. The minimum absolute atomic E-state index is 0.0695. The molecule has 1 aliphatic rings. The Morgan fingerprint density at radius 3 is 2.77 bits per heavy atom. The van der Waals surface area contributed by atoms with Gasteiger partial charge in [-0.1, -0.05) is 0 Å². The molecule has 0 unspecified atom stereocenters. The molecule has 0 aliphatic heterocycles. The summed E-state index contributed by atoms with van der Waals surface area (Å²) in [7, 11) is 0. The summed E-state index contributed by atoms with van der Waals surface area (Å²) in [5.41, 5.74) is 5.41. The van der Waals surface area contributed by atoms with E-state index in [-0.39, 0.29) is 11.9 Å². The first-order chi connectivity index (χ1) is 6.13. The van der Waals surface area contributed by atoms with Gasteiger partial charge >= 0.3 is 0 Å².